The van der Waals surface area contributed by atoms with E-state index in [0.717, 1.165) is 43.2 Å². The number of aliphatic hydroxyl groups is 1. The van der Waals surface area contributed by atoms with E-state index in [2.05, 4.69) is 11.4 Å². The molecule has 2 bridgehead atoms. The SMILES string of the molecule is COC1CC/C=C(\C)C(O)C(OC)CC/C=C(\C)C(=O)Nc2cc(O)cc(c2)CCC1. The standard InChI is InChI=1S/C25H37NO5/c1-17-8-5-11-22(30-3)12-7-10-19-14-20(16-21(27)15-19)26-25(29)18(2)9-6-13-23(31-4)24(17)28/h8-9,14-16,22-24,27-28H,5-7,10-13H2,1-4H3,(H,26,29)/b17-8+,18-9+. The van der Waals surface area contributed by atoms with Gasteiger partial charge in [0.15, 0.2) is 0 Å². The molecule has 3 atom stereocenters. The zero-order valence-corrected chi connectivity index (χ0v) is 19.2. The van der Waals surface area contributed by atoms with Gasteiger partial charge in [-0.15, -0.1) is 0 Å². The summed E-state index contributed by atoms with van der Waals surface area (Å²) in [5.41, 5.74) is 3.04. The van der Waals surface area contributed by atoms with Gasteiger partial charge >= 0.3 is 0 Å². The van der Waals surface area contributed by atoms with Crippen molar-refractivity contribution in [2.45, 2.75) is 77.1 Å². The number of hydrogen-bond acceptors (Lipinski definition) is 5. The van der Waals surface area contributed by atoms with Crippen LogP contribution in [0.25, 0.3) is 0 Å². The van der Waals surface area contributed by atoms with Crippen molar-refractivity contribution < 1.29 is 24.5 Å². The van der Waals surface area contributed by atoms with Crippen molar-refractivity contribution in [2.75, 3.05) is 19.5 Å². The molecule has 1 aliphatic rings. The van der Waals surface area contributed by atoms with Crippen LogP contribution >= 0.6 is 0 Å². The van der Waals surface area contributed by atoms with Gasteiger partial charge in [0.05, 0.1) is 12.2 Å². The van der Waals surface area contributed by atoms with Gasteiger partial charge in [0.25, 0.3) is 5.91 Å². The van der Waals surface area contributed by atoms with Gasteiger partial charge in [0.2, 0.25) is 0 Å². The molecule has 1 heterocycles. The number of phenolic OH excluding ortho intramolecular Hbond substituents is 1. The lowest BCUT2D eigenvalue weighted by Crippen LogP contribution is -2.29. The molecule has 3 unspecified atom stereocenters. The summed E-state index contributed by atoms with van der Waals surface area (Å²) in [6.07, 6.45) is 8.53. The third-order valence-electron chi connectivity index (χ3n) is 5.90. The Bertz CT molecular complexity index is 786. The minimum atomic E-state index is -0.680. The number of phenols is 1. The summed E-state index contributed by atoms with van der Waals surface area (Å²) in [7, 11) is 3.32. The van der Waals surface area contributed by atoms with Crippen molar-refractivity contribution in [1.82, 2.24) is 0 Å². The highest BCUT2D eigenvalue weighted by molar-refractivity contribution is 6.03. The van der Waals surface area contributed by atoms with Crippen molar-refractivity contribution in [2.24, 2.45) is 0 Å². The number of fused-ring (bicyclic) bond motifs is 2. The average Bonchev–Trinajstić information content (AvgIpc) is 2.73. The summed E-state index contributed by atoms with van der Waals surface area (Å²) in [5, 5.41) is 23.6. The molecule has 6 nitrogen and oxygen atoms in total. The smallest absolute Gasteiger partial charge is 0.250 e. The number of amides is 1. The summed E-state index contributed by atoms with van der Waals surface area (Å²) < 4.78 is 11.1. The van der Waals surface area contributed by atoms with E-state index in [0.29, 0.717) is 24.1 Å². The lowest BCUT2D eigenvalue weighted by atomic mass is 9.98. The second kappa shape index (κ2) is 12.6. The van der Waals surface area contributed by atoms with Gasteiger partial charge in [-0.2, -0.15) is 0 Å². The van der Waals surface area contributed by atoms with Gasteiger partial charge in [-0.25, -0.2) is 0 Å². The highest BCUT2D eigenvalue weighted by Gasteiger charge is 2.20. The topological polar surface area (TPSA) is 88.0 Å². The fraction of sp³-hybridized carbons (Fsp3) is 0.560. The maximum absolute atomic E-state index is 12.6. The van der Waals surface area contributed by atoms with E-state index in [-0.39, 0.29) is 23.9 Å². The molecule has 0 fully saturated rings. The normalized spacial score (nSPS) is 28.2. The summed E-state index contributed by atoms with van der Waals surface area (Å²) in [5.74, 6) is -0.0688. The van der Waals surface area contributed by atoms with E-state index < -0.39 is 6.10 Å². The van der Waals surface area contributed by atoms with E-state index in [4.69, 9.17) is 9.47 Å². The van der Waals surface area contributed by atoms with Gasteiger partial charge < -0.3 is 25.0 Å². The van der Waals surface area contributed by atoms with Crippen LogP contribution in [-0.4, -0.2) is 48.7 Å². The molecule has 0 saturated carbocycles. The minimum Gasteiger partial charge on any atom is -0.508 e. The number of carbonyl (C=O) groups is 1. The molecule has 0 spiro atoms. The monoisotopic (exact) mass is 431 g/mol. The first-order valence-corrected chi connectivity index (χ1v) is 11.1. The molecule has 1 aromatic rings. The number of nitrogens with one attached hydrogen (secondary N) is 1. The van der Waals surface area contributed by atoms with Crippen LogP contribution in [0.15, 0.2) is 41.5 Å². The number of methoxy groups -OCH3 is 2. The quantitative estimate of drug-likeness (QED) is 0.600. The first-order chi connectivity index (χ1) is 14.8. The molecular weight excluding hydrogens is 394 g/mol. The number of ether oxygens (including phenoxy) is 2. The van der Waals surface area contributed by atoms with Gasteiger partial charge in [0, 0.05) is 31.5 Å². The van der Waals surface area contributed by atoms with Crippen molar-refractivity contribution in [3.05, 3.63) is 47.1 Å². The van der Waals surface area contributed by atoms with Crippen LogP contribution in [0.4, 0.5) is 5.69 Å². The van der Waals surface area contributed by atoms with Crippen LogP contribution in [0, 0.1) is 0 Å². The highest BCUT2D eigenvalue weighted by atomic mass is 16.5. The molecular formula is C25H37NO5. The Labute approximate surface area is 186 Å². The summed E-state index contributed by atoms with van der Waals surface area (Å²) in [6.45, 7) is 3.69. The van der Waals surface area contributed by atoms with Crippen molar-refractivity contribution in [1.29, 1.82) is 0 Å². The van der Waals surface area contributed by atoms with Gasteiger partial charge in [-0.1, -0.05) is 12.2 Å². The predicted molar refractivity (Wildman–Crippen MR) is 123 cm³/mol. The Hall–Kier alpha value is -2.15. The Balaban J connectivity index is 2.23. The number of anilines is 1. The molecule has 1 amide bonds. The Morgan fingerprint density at radius 3 is 2.45 bits per heavy atom. The fourth-order valence-electron chi connectivity index (χ4n) is 3.91. The number of benzene rings is 1. The summed E-state index contributed by atoms with van der Waals surface area (Å²) in [4.78, 5) is 12.6. The zero-order valence-electron chi connectivity index (χ0n) is 19.2. The van der Waals surface area contributed by atoms with Crippen LogP contribution in [0.5, 0.6) is 5.75 Å². The lowest BCUT2D eigenvalue weighted by Gasteiger charge is -2.22. The van der Waals surface area contributed by atoms with Crippen molar-refractivity contribution in [3.8, 4) is 5.75 Å². The molecule has 0 aromatic heterocycles. The second-order valence-corrected chi connectivity index (χ2v) is 8.30. The Morgan fingerprint density at radius 1 is 1.00 bits per heavy atom. The maximum Gasteiger partial charge on any atom is 0.250 e. The molecule has 1 aromatic carbocycles. The Kier molecular flexibility index (Phi) is 10.2. The molecule has 0 radical (unpaired) electrons. The second-order valence-electron chi connectivity index (χ2n) is 8.30. The van der Waals surface area contributed by atoms with E-state index in [9.17, 15) is 15.0 Å². The first-order valence-electron chi connectivity index (χ1n) is 11.1. The largest absolute Gasteiger partial charge is 0.508 e. The molecule has 31 heavy (non-hydrogen) atoms. The zero-order chi connectivity index (χ0) is 22.8. The molecule has 0 saturated heterocycles. The van der Waals surface area contributed by atoms with Crippen LogP contribution in [0.1, 0.15) is 57.9 Å². The van der Waals surface area contributed by atoms with E-state index >= 15 is 0 Å². The summed E-state index contributed by atoms with van der Waals surface area (Å²) in [6, 6.07) is 5.20. The first kappa shape index (κ1) is 25.1. The van der Waals surface area contributed by atoms with Crippen LogP contribution in [0.2, 0.25) is 0 Å². The summed E-state index contributed by atoms with van der Waals surface area (Å²) >= 11 is 0. The van der Waals surface area contributed by atoms with Crippen LogP contribution in [-0.2, 0) is 20.7 Å². The average molecular weight is 432 g/mol. The third kappa shape index (κ3) is 8.13. The molecule has 0 aliphatic carbocycles. The van der Waals surface area contributed by atoms with E-state index in [1.54, 1.807) is 33.3 Å². The third-order valence-corrected chi connectivity index (χ3v) is 5.90. The van der Waals surface area contributed by atoms with Gasteiger partial charge in [-0.05, 0) is 82.1 Å². The lowest BCUT2D eigenvalue weighted by molar-refractivity contribution is -0.112. The number of allylic oxidation sites excluding steroid dienone is 2. The van der Waals surface area contributed by atoms with E-state index in [1.165, 1.54) is 0 Å². The fourth-order valence-corrected chi connectivity index (χ4v) is 3.91. The molecule has 3 N–H and O–H groups in total. The molecule has 172 valence electrons. The van der Waals surface area contributed by atoms with Gasteiger partial charge in [0.1, 0.15) is 11.9 Å². The molecule has 6 heteroatoms. The van der Waals surface area contributed by atoms with Crippen LogP contribution in [0.3, 0.4) is 0 Å². The highest BCUT2D eigenvalue weighted by Crippen LogP contribution is 2.23. The van der Waals surface area contributed by atoms with Crippen molar-refractivity contribution in [3.63, 3.8) is 0 Å². The number of aromatic hydroxyl groups is 1. The molecule has 1 aliphatic heterocycles. The number of hydrogen-bond donors (Lipinski definition) is 3. The number of rotatable bonds is 2. The van der Waals surface area contributed by atoms with E-state index in [1.807, 2.05) is 19.1 Å². The minimum absolute atomic E-state index is 0.129. The Morgan fingerprint density at radius 2 is 1.74 bits per heavy atom. The maximum atomic E-state index is 12.6. The predicted octanol–water partition coefficient (Wildman–Crippen LogP) is 4.51. The van der Waals surface area contributed by atoms with Crippen molar-refractivity contribution >= 4 is 11.6 Å². The van der Waals surface area contributed by atoms with Gasteiger partial charge in [-0.3, -0.25) is 4.79 Å². The van der Waals surface area contributed by atoms with Crippen LogP contribution < -0.4 is 5.32 Å². The number of aryl methyl sites for hydroxylation is 1. The number of carbonyl (C=O) groups excluding carboxylic acids is 1. The molecule has 2 rings (SSSR count). The number of aliphatic hydroxyl groups excluding tert-OH is 1.